The van der Waals surface area contributed by atoms with Crippen LogP contribution in [0.25, 0.3) is 11.1 Å². The minimum atomic E-state index is -1.01. The number of aliphatic carboxylic acids is 1. The molecule has 7 heteroatoms. The molecule has 33 heavy (non-hydrogen) atoms. The van der Waals surface area contributed by atoms with E-state index in [0.717, 1.165) is 16.7 Å². The molecule has 0 saturated carbocycles. The number of carboxylic acids is 1. The molecule has 1 fully saturated rings. The van der Waals surface area contributed by atoms with E-state index in [1.165, 1.54) is 4.90 Å². The van der Waals surface area contributed by atoms with E-state index in [9.17, 15) is 14.7 Å². The van der Waals surface area contributed by atoms with E-state index in [0.29, 0.717) is 29.3 Å². The molecule has 1 saturated heterocycles. The normalized spacial score (nSPS) is 17.9. The van der Waals surface area contributed by atoms with Gasteiger partial charge in [-0.3, -0.25) is 4.79 Å². The molecule has 4 rings (SSSR count). The Morgan fingerprint density at radius 3 is 2.33 bits per heavy atom. The highest BCUT2D eigenvalue weighted by atomic mass is 35.5. The van der Waals surface area contributed by atoms with Crippen molar-refractivity contribution in [1.82, 2.24) is 9.88 Å². The molecule has 1 aromatic heterocycles. The summed E-state index contributed by atoms with van der Waals surface area (Å²) >= 11 is 6.37. The zero-order valence-corrected chi connectivity index (χ0v) is 19.2. The zero-order valence-electron chi connectivity index (χ0n) is 18.4. The molecule has 2 atom stereocenters. The average Bonchev–Trinajstić information content (AvgIpc) is 3.24. The zero-order chi connectivity index (χ0) is 23.5. The van der Waals surface area contributed by atoms with E-state index in [-0.39, 0.29) is 18.1 Å². The van der Waals surface area contributed by atoms with Gasteiger partial charge in [0.05, 0.1) is 12.1 Å². The topological polar surface area (TPSA) is 79.7 Å². The number of nitrogens with zero attached hydrogens (tertiary/aromatic N) is 2. The summed E-state index contributed by atoms with van der Waals surface area (Å²) in [5, 5.41) is 10.3. The number of carbonyl (C=O) groups excluding carboxylic acids is 1. The van der Waals surface area contributed by atoms with Gasteiger partial charge in [0, 0.05) is 28.4 Å². The first-order valence-corrected chi connectivity index (χ1v) is 11.3. The van der Waals surface area contributed by atoms with Gasteiger partial charge < -0.3 is 14.7 Å². The SMILES string of the molecule is CC(C)Oc1ccc(-c2ccc(C(=O)N3[C@@H](c4ccccc4Cl)CC[C@H]3C(=O)O)cc2)cn1. The van der Waals surface area contributed by atoms with Gasteiger partial charge in [-0.2, -0.15) is 0 Å². The molecule has 1 amide bonds. The van der Waals surface area contributed by atoms with Crippen molar-refractivity contribution in [1.29, 1.82) is 0 Å². The number of carbonyl (C=O) groups is 2. The highest BCUT2D eigenvalue weighted by molar-refractivity contribution is 6.31. The number of amides is 1. The molecule has 0 unspecified atom stereocenters. The molecule has 0 bridgehead atoms. The van der Waals surface area contributed by atoms with E-state index in [4.69, 9.17) is 16.3 Å². The first-order chi connectivity index (χ1) is 15.8. The molecule has 6 nitrogen and oxygen atoms in total. The number of hydrogen-bond donors (Lipinski definition) is 1. The van der Waals surface area contributed by atoms with Crippen molar-refractivity contribution in [3.63, 3.8) is 0 Å². The van der Waals surface area contributed by atoms with Gasteiger partial charge in [-0.25, -0.2) is 9.78 Å². The maximum atomic E-state index is 13.4. The predicted octanol–water partition coefficient (Wildman–Crippen LogP) is 5.62. The van der Waals surface area contributed by atoms with Crippen LogP contribution in [0.2, 0.25) is 5.02 Å². The number of likely N-dealkylation sites (tertiary alicyclic amines) is 1. The summed E-state index contributed by atoms with van der Waals surface area (Å²) in [5.41, 5.74) is 2.98. The molecule has 3 aromatic rings. The first-order valence-electron chi connectivity index (χ1n) is 10.9. The number of ether oxygens (including phenoxy) is 1. The third-order valence-corrected chi connectivity index (χ3v) is 6.07. The van der Waals surface area contributed by atoms with Crippen LogP contribution >= 0.6 is 11.6 Å². The van der Waals surface area contributed by atoms with Gasteiger partial charge in [0.25, 0.3) is 5.91 Å². The lowest BCUT2D eigenvalue weighted by Gasteiger charge is -2.29. The molecule has 2 heterocycles. The van der Waals surface area contributed by atoms with Crippen molar-refractivity contribution >= 4 is 23.5 Å². The summed E-state index contributed by atoms with van der Waals surface area (Å²) in [4.78, 5) is 31.1. The van der Waals surface area contributed by atoms with Crippen molar-refractivity contribution in [2.45, 2.75) is 44.9 Å². The molecule has 0 aliphatic carbocycles. The summed E-state index contributed by atoms with van der Waals surface area (Å²) in [5.74, 6) is -0.778. The maximum absolute atomic E-state index is 13.4. The number of pyridine rings is 1. The van der Waals surface area contributed by atoms with Crippen molar-refractivity contribution in [3.8, 4) is 17.0 Å². The molecule has 1 aliphatic rings. The highest BCUT2D eigenvalue weighted by Gasteiger charge is 2.42. The van der Waals surface area contributed by atoms with Crippen LogP contribution in [-0.2, 0) is 4.79 Å². The first kappa shape index (κ1) is 22.8. The Hall–Kier alpha value is -3.38. The number of hydrogen-bond acceptors (Lipinski definition) is 4. The van der Waals surface area contributed by atoms with Crippen LogP contribution in [0.15, 0.2) is 66.9 Å². The second-order valence-corrected chi connectivity index (χ2v) is 8.72. The van der Waals surface area contributed by atoms with E-state index in [1.807, 2.05) is 56.3 Å². The van der Waals surface area contributed by atoms with Crippen LogP contribution in [0, 0.1) is 0 Å². The van der Waals surface area contributed by atoms with Crippen molar-refractivity contribution < 1.29 is 19.4 Å². The Morgan fingerprint density at radius 2 is 1.73 bits per heavy atom. The Morgan fingerprint density at radius 1 is 1.03 bits per heavy atom. The van der Waals surface area contributed by atoms with Crippen LogP contribution in [0.4, 0.5) is 0 Å². The van der Waals surface area contributed by atoms with Crippen LogP contribution < -0.4 is 4.74 Å². The van der Waals surface area contributed by atoms with Crippen LogP contribution in [0.1, 0.15) is 48.7 Å². The fourth-order valence-corrected chi connectivity index (χ4v) is 4.47. The van der Waals surface area contributed by atoms with E-state index < -0.39 is 12.0 Å². The summed E-state index contributed by atoms with van der Waals surface area (Å²) in [7, 11) is 0. The van der Waals surface area contributed by atoms with Crippen molar-refractivity contribution in [2.75, 3.05) is 0 Å². The molecule has 0 radical (unpaired) electrons. The highest BCUT2D eigenvalue weighted by Crippen LogP contribution is 2.40. The molecule has 0 spiro atoms. The van der Waals surface area contributed by atoms with Crippen LogP contribution in [0.5, 0.6) is 5.88 Å². The Labute approximate surface area is 197 Å². The minimum Gasteiger partial charge on any atom is -0.480 e. The third-order valence-electron chi connectivity index (χ3n) is 5.73. The predicted molar refractivity (Wildman–Crippen MR) is 126 cm³/mol. The fourth-order valence-electron chi connectivity index (χ4n) is 4.20. The lowest BCUT2D eigenvalue weighted by atomic mass is 10.0. The number of carboxylic acid groups (broad SMARTS) is 1. The number of halogens is 1. The Bertz CT molecular complexity index is 1150. The second-order valence-electron chi connectivity index (χ2n) is 8.31. The molecule has 1 aliphatic heterocycles. The number of rotatable bonds is 6. The lowest BCUT2D eigenvalue weighted by Crippen LogP contribution is -2.41. The van der Waals surface area contributed by atoms with Crippen LogP contribution in [0.3, 0.4) is 0 Å². The quantitative estimate of drug-likeness (QED) is 0.512. The molecule has 2 aromatic carbocycles. The van der Waals surface area contributed by atoms with E-state index in [2.05, 4.69) is 4.98 Å². The number of benzene rings is 2. The minimum absolute atomic E-state index is 0.0449. The summed E-state index contributed by atoms with van der Waals surface area (Å²) < 4.78 is 5.58. The van der Waals surface area contributed by atoms with Gasteiger partial charge in [0.1, 0.15) is 6.04 Å². The number of aromatic nitrogens is 1. The second kappa shape index (κ2) is 9.63. The largest absolute Gasteiger partial charge is 0.480 e. The summed E-state index contributed by atoms with van der Waals surface area (Å²) in [6.07, 6.45) is 2.69. The standard InChI is InChI=1S/C26H25ClN2O4/c1-16(2)33-24-14-11-19(15-28-24)17-7-9-18(10-8-17)25(30)29-22(12-13-23(29)26(31)32)20-5-3-4-6-21(20)27/h3-11,14-16,22-23H,12-13H2,1-2H3,(H,31,32)/t22-,23+/m1/s1. The average molecular weight is 465 g/mol. The smallest absolute Gasteiger partial charge is 0.326 e. The van der Waals surface area contributed by atoms with Gasteiger partial charge in [-0.15, -0.1) is 0 Å². The fraction of sp³-hybridized carbons (Fsp3) is 0.269. The molecular weight excluding hydrogens is 440 g/mol. The lowest BCUT2D eigenvalue weighted by molar-refractivity contribution is -0.141. The third kappa shape index (κ3) is 4.86. The van der Waals surface area contributed by atoms with Crippen molar-refractivity contribution in [2.24, 2.45) is 0 Å². The monoisotopic (exact) mass is 464 g/mol. The summed E-state index contributed by atoms with van der Waals surface area (Å²) in [6, 6.07) is 16.8. The van der Waals surface area contributed by atoms with E-state index in [1.54, 1.807) is 24.4 Å². The van der Waals surface area contributed by atoms with Crippen LogP contribution in [-0.4, -0.2) is 39.0 Å². The maximum Gasteiger partial charge on any atom is 0.326 e. The van der Waals surface area contributed by atoms with Gasteiger partial charge >= 0.3 is 5.97 Å². The van der Waals surface area contributed by atoms with E-state index >= 15 is 0 Å². The Balaban J connectivity index is 1.59. The molecular formula is C26H25ClN2O4. The van der Waals surface area contributed by atoms with Gasteiger partial charge in [-0.05, 0) is 62.1 Å². The van der Waals surface area contributed by atoms with Gasteiger partial charge in [0.2, 0.25) is 5.88 Å². The Kier molecular flexibility index (Phi) is 6.65. The summed E-state index contributed by atoms with van der Waals surface area (Å²) in [6.45, 7) is 3.88. The van der Waals surface area contributed by atoms with Crippen molar-refractivity contribution in [3.05, 3.63) is 83.0 Å². The van der Waals surface area contributed by atoms with Gasteiger partial charge in [0.15, 0.2) is 0 Å². The van der Waals surface area contributed by atoms with Gasteiger partial charge in [-0.1, -0.05) is 41.9 Å². The molecule has 170 valence electrons. The molecule has 1 N–H and O–H groups in total.